The molecule has 0 aliphatic carbocycles. The van der Waals surface area contributed by atoms with E-state index in [1.165, 1.54) is 32.1 Å². The van der Waals surface area contributed by atoms with Crippen molar-refractivity contribution in [2.75, 3.05) is 46.2 Å². The van der Waals surface area contributed by atoms with Crippen LogP contribution in [0, 0.1) is 24.2 Å². The summed E-state index contributed by atoms with van der Waals surface area (Å²) in [6.07, 6.45) is 18.0. The lowest BCUT2D eigenvalue weighted by atomic mass is 10.2. The molecule has 0 aromatic rings. The number of ether oxygens (including phenoxy) is 5. The Morgan fingerprint density at radius 1 is 0.742 bits per heavy atom. The van der Waals surface area contributed by atoms with Crippen LogP contribution >= 0.6 is 0 Å². The average Bonchev–Trinajstić information content (AvgIpc) is 3.41. The van der Waals surface area contributed by atoms with Gasteiger partial charge in [-0.1, -0.05) is 5.92 Å². The van der Waals surface area contributed by atoms with E-state index in [0.29, 0.717) is 6.61 Å². The van der Waals surface area contributed by atoms with Crippen molar-refractivity contribution in [1.29, 1.82) is 0 Å². The number of hydrogen-bond donors (Lipinski definition) is 1. The molecule has 0 aromatic carbocycles. The standard InChI is InChI=1S/C11H18O3.C10H16O2.C4H8O/c12-8-4-1-2-5-9-13-11-7-3-6-10-14-11;1-2-3-5-8-11-10-7-4-6-9-12-10;1-2-4-5-3-1/h11-12H,2-3,5-10H2;1,10H,3-9H2;1-4H2. The third-order valence-electron chi connectivity index (χ3n) is 4.83. The SMILES string of the molecule is C#CCCCOC1CCCCO1.C1CCOC1.OCC#CCCCOC1CCCCO1. The number of aliphatic hydroxyl groups is 1. The molecule has 6 heteroatoms. The van der Waals surface area contributed by atoms with E-state index in [4.69, 9.17) is 35.2 Å². The van der Waals surface area contributed by atoms with Crippen LogP contribution in [0.5, 0.6) is 0 Å². The van der Waals surface area contributed by atoms with Crippen LogP contribution < -0.4 is 0 Å². The van der Waals surface area contributed by atoms with Crippen LogP contribution in [0.15, 0.2) is 0 Å². The number of aliphatic hydroxyl groups excluding tert-OH is 1. The molecule has 3 aliphatic rings. The summed E-state index contributed by atoms with van der Waals surface area (Å²) in [6.45, 7) is 5.06. The summed E-state index contributed by atoms with van der Waals surface area (Å²) in [4.78, 5) is 0. The van der Waals surface area contributed by atoms with Gasteiger partial charge in [0.2, 0.25) is 0 Å². The molecule has 3 heterocycles. The van der Waals surface area contributed by atoms with Gasteiger partial charge in [0.25, 0.3) is 0 Å². The maximum Gasteiger partial charge on any atom is 0.157 e. The summed E-state index contributed by atoms with van der Waals surface area (Å²) in [5, 5.41) is 8.40. The monoisotopic (exact) mass is 438 g/mol. The van der Waals surface area contributed by atoms with Crippen molar-refractivity contribution in [2.45, 2.75) is 89.6 Å². The highest BCUT2D eigenvalue weighted by Gasteiger charge is 2.13. The Hall–Kier alpha value is -1.12. The molecule has 3 fully saturated rings. The fraction of sp³-hybridized carbons (Fsp3) is 0.840. The lowest BCUT2D eigenvalue weighted by Crippen LogP contribution is -2.22. The Morgan fingerprint density at radius 2 is 1.29 bits per heavy atom. The average molecular weight is 439 g/mol. The summed E-state index contributed by atoms with van der Waals surface area (Å²) in [6, 6.07) is 0. The predicted molar refractivity (Wildman–Crippen MR) is 121 cm³/mol. The maximum atomic E-state index is 8.40. The second-order valence-electron chi connectivity index (χ2n) is 7.58. The van der Waals surface area contributed by atoms with Gasteiger partial charge in [0.15, 0.2) is 12.6 Å². The lowest BCUT2D eigenvalue weighted by molar-refractivity contribution is -0.162. The second-order valence-corrected chi connectivity index (χ2v) is 7.58. The van der Waals surface area contributed by atoms with E-state index in [2.05, 4.69) is 17.8 Å². The molecule has 178 valence electrons. The van der Waals surface area contributed by atoms with Gasteiger partial charge in [-0.15, -0.1) is 18.3 Å². The van der Waals surface area contributed by atoms with Gasteiger partial charge in [-0.2, -0.15) is 0 Å². The molecule has 0 saturated carbocycles. The highest BCUT2D eigenvalue weighted by atomic mass is 16.7. The van der Waals surface area contributed by atoms with Crippen molar-refractivity contribution >= 4 is 0 Å². The van der Waals surface area contributed by atoms with Gasteiger partial charge >= 0.3 is 0 Å². The summed E-state index contributed by atoms with van der Waals surface area (Å²) in [5.41, 5.74) is 0. The van der Waals surface area contributed by atoms with Gasteiger partial charge in [-0.3, -0.25) is 0 Å². The number of rotatable bonds is 8. The quantitative estimate of drug-likeness (QED) is 0.456. The first-order valence-electron chi connectivity index (χ1n) is 11.9. The topological polar surface area (TPSA) is 66.4 Å². The van der Waals surface area contributed by atoms with Gasteiger partial charge in [0, 0.05) is 39.3 Å². The molecule has 6 nitrogen and oxygen atoms in total. The number of unbranched alkanes of at least 4 members (excludes halogenated alkanes) is 2. The Morgan fingerprint density at radius 3 is 1.71 bits per heavy atom. The first-order valence-corrected chi connectivity index (χ1v) is 11.9. The molecule has 2 atom stereocenters. The van der Waals surface area contributed by atoms with Gasteiger partial charge < -0.3 is 28.8 Å². The third kappa shape index (κ3) is 18.2. The molecule has 0 aromatic heterocycles. The molecule has 0 radical (unpaired) electrons. The summed E-state index contributed by atoms with van der Waals surface area (Å²) >= 11 is 0. The van der Waals surface area contributed by atoms with Crippen molar-refractivity contribution in [2.24, 2.45) is 0 Å². The normalized spacial score (nSPS) is 22.6. The molecule has 2 unspecified atom stereocenters. The summed E-state index contributed by atoms with van der Waals surface area (Å²) in [7, 11) is 0. The summed E-state index contributed by atoms with van der Waals surface area (Å²) < 4.78 is 26.7. The molecule has 31 heavy (non-hydrogen) atoms. The second kappa shape index (κ2) is 22.1. The first-order chi connectivity index (χ1) is 15.4. The van der Waals surface area contributed by atoms with Gasteiger partial charge in [0.1, 0.15) is 6.61 Å². The highest BCUT2D eigenvalue weighted by molar-refractivity contribution is 4.98. The molecule has 0 amide bonds. The molecular formula is C25H42O6. The van der Waals surface area contributed by atoms with E-state index >= 15 is 0 Å². The zero-order valence-corrected chi connectivity index (χ0v) is 19.2. The van der Waals surface area contributed by atoms with E-state index in [9.17, 15) is 0 Å². The Kier molecular flexibility index (Phi) is 19.9. The van der Waals surface area contributed by atoms with E-state index in [-0.39, 0.29) is 19.2 Å². The predicted octanol–water partition coefficient (Wildman–Crippen LogP) is 4.05. The maximum absolute atomic E-state index is 8.40. The molecule has 3 rings (SSSR count). The van der Waals surface area contributed by atoms with Crippen molar-refractivity contribution in [3.8, 4) is 24.2 Å². The van der Waals surface area contributed by atoms with Gasteiger partial charge in [0.05, 0.1) is 13.2 Å². The molecular weight excluding hydrogens is 396 g/mol. The van der Waals surface area contributed by atoms with Crippen LogP contribution in [0.3, 0.4) is 0 Å². The summed E-state index contributed by atoms with van der Waals surface area (Å²) in [5.74, 6) is 8.04. The van der Waals surface area contributed by atoms with Crippen LogP contribution in [0.1, 0.15) is 77.0 Å². The van der Waals surface area contributed by atoms with E-state index in [0.717, 1.165) is 78.0 Å². The first kappa shape index (κ1) is 27.9. The highest BCUT2D eigenvalue weighted by Crippen LogP contribution is 2.14. The minimum atomic E-state index is -0.0490. The van der Waals surface area contributed by atoms with Crippen molar-refractivity contribution in [3.63, 3.8) is 0 Å². The molecule has 3 aliphatic heterocycles. The molecule has 3 saturated heterocycles. The Bertz CT molecular complexity index is 469. The Labute approximate surface area is 189 Å². The van der Waals surface area contributed by atoms with Crippen LogP contribution in [0.2, 0.25) is 0 Å². The molecule has 0 spiro atoms. The van der Waals surface area contributed by atoms with Crippen molar-refractivity contribution in [1.82, 2.24) is 0 Å². The van der Waals surface area contributed by atoms with Crippen LogP contribution in [0.4, 0.5) is 0 Å². The van der Waals surface area contributed by atoms with Crippen molar-refractivity contribution in [3.05, 3.63) is 0 Å². The zero-order chi connectivity index (χ0) is 22.2. The third-order valence-corrected chi connectivity index (χ3v) is 4.83. The van der Waals surface area contributed by atoms with Gasteiger partial charge in [-0.25, -0.2) is 0 Å². The van der Waals surface area contributed by atoms with Gasteiger partial charge in [-0.05, 0) is 64.2 Å². The zero-order valence-electron chi connectivity index (χ0n) is 19.2. The molecule has 1 N–H and O–H groups in total. The number of terminal acetylenes is 1. The van der Waals surface area contributed by atoms with Crippen LogP contribution in [-0.4, -0.2) is 63.9 Å². The van der Waals surface area contributed by atoms with Crippen molar-refractivity contribution < 1.29 is 28.8 Å². The largest absolute Gasteiger partial charge is 0.384 e. The lowest BCUT2D eigenvalue weighted by Gasteiger charge is -2.22. The van der Waals surface area contributed by atoms with E-state index in [1.807, 2.05) is 0 Å². The van der Waals surface area contributed by atoms with Crippen LogP contribution in [0.25, 0.3) is 0 Å². The fourth-order valence-corrected chi connectivity index (χ4v) is 3.10. The number of hydrogen-bond acceptors (Lipinski definition) is 6. The Balaban J connectivity index is 0.000000255. The van der Waals surface area contributed by atoms with E-state index < -0.39 is 0 Å². The van der Waals surface area contributed by atoms with E-state index in [1.54, 1.807) is 0 Å². The smallest absolute Gasteiger partial charge is 0.157 e. The minimum absolute atomic E-state index is 0.00884. The fourth-order valence-electron chi connectivity index (χ4n) is 3.10. The minimum Gasteiger partial charge on any atom is -0.384 e. The molecule has 0 bridgehead atoms. The van der Waals surface area contributed by atoms with Crippen LogP contribution in [-0.2, 0) is 23.7 Å².